The van der Waals surface area contributed by atoms with Crippen LogP contribution in [0.25, 0.3) is 0 Å². The Labute approximate surface area is 92.9 Å². The predicted molar refractivity (Wildman–Crippen MR) is 63.7 cm³/mol. The summed E-state index contributed by atoms with van der Waals surface area (Å²) in [5.74, 6) is 0.777. The van der Waals surface area contributed by atoms with Gasteiger partial charge in [-0.2, -0.15) is 0 Å². The van der Waals surface area contributed by atoms with Gasteiger partial charge < -0.3 is 9.88 Å². The molecule has 0 aliphatic rings. The third-order valence-electron chi connectivity index (χ3n) is 2.96. The van der Waals surface area contributed by atoms with Gasteiger partial charge in [0, 0.05) is 19.3 Å². The van der Waals surface area contributed by atoms with E-state index in [1.165, 1.54) is 18.5 Å². The Morgan fingerprint density at radius 3 is 2.67 bits per heavy atom. The average molecular weight is 209 g/mol. The molecule has 0 fully saturated rings. The highest BCUT2D eigenvalue weighted by molar-refractivity contribution is 4.98. The van der Waals surface area contributed by atoms with Crippen molar-refractivity contribution >= 4 is 0 Å². The van der Waals surface area contributed by atoms with Crippen LogP contribution in [0.2, 0.25) is 0 Å². The molecule has 0 amide bonds. The minimum absolute atomic E-state index is 0.777. The maximum Gasteiger partial charge on any atom is 0.0948 e. The molecule has 1 heterocycles. The van der Waals surface area contributed by atoms with Crippen molar-refractivity contribution in [2.24, 2.45) is 5.92 Å². The summed E-state index contributed by atoms with van der Waals surface area (Å²) in [6.45, 7) is 9.69. The molecule has 3 heteroatoms. The van der Waals surface area contributed by atoms with Gasteiger partial charge in [-0.25, -0.2) is 4.98 Å². The zero-order valence-corrected chi connectivity index (χ0v) is 10.2. The number of hydrogen-bond donors (Lipinski definition) is 1. The molecule has 1 N–H and O–H groups in total. The van der Waals surface area contributed by atoms with Gasteiger partial charge >= 0.3 is 0 Å². The summed E-state index contributed by atoms with van der Waals surface area (Å²) in [6.07, 6.45) is 6.40. The molecule has 0 radical (unpaired) electrons. The van der Waals surface area contributed by atoms with Gasteiger partial charge in [-0.15, -0.1) is 0 Å². The molecule has 1 aromatic heterocycles. The molecule has 15 heavy (non-hydrogen) atoms. The maximum absolute atomic E-state index is 4.22. The van der Waals surface area contributed by atoms with E-state index in [4.69, 9.17) is 0 Å². The first-order valence-electron chi connectivity index (χ1n) is 6.01. The first-order chi connectivity index (χ1) is 7.31. The van der Waals surface area contributed by atoms with Crippen LogP contribution in [-0.4, -0.2) is 16.1 Å². The van der Waals surface area contributed by atoms with E-state index in [2.05, 4.69) is 35.6 Å². The van der Waals surface area contributed by atoms with E-state index in [1.807, 2.05) is 12.5 Å². The highest BCUT2D eigenvalue weighted by Crippen LogP contribution is 2.12. The van der Waals surface area contributed by atoms with Gasteiger partial charge in [0.05, 0.1) is 12.0 Å². The second kappa shape index (κ2) is 6.62. The van der Waals surface area contributed by atoms with Crippen molar-refractivity contribution in [2.45, 2.75) is 46.7 Å². The standard InChI is InChI=1S/C12H23N3/c1-4-11(5-2)9-15-10-14-8-12(15)7-13-6-3/h8,10-11,13H,4-7,9H2,1-3H3. The number of nitrogens with one attached hydrogen (secondary N) is 1. The monoisotopic (exact) mass is 209 g/mol. The van der Waals surface area contributed by atoms with Crippen molar-refractivity contribution in [2.75, 3.05) is 6.54 Å². The van der Waals surface area contributed by atoms with E-state index in [9.17, 15) is 0 Å². The average Bonchev–Trinajstić information content (AvgIpc) is 2.70. The van der Waals surface area contributed by atoms with E-state index >= 15 is 0 Å². The highest BCUT2D eigenvalue weighted by atomic mass is 15.1. The molecule has 3 nitrogen and oxygen atoms in total. The topological polar surface area (TPSA) is 29.9 Å². The van der Waals surface area contributed by atoms with Crippen molar-refractivity contribution in [1.82, 2.24) is 14.9 Å². The van der Waals surface area contributed by atoms with Crippen LogP contribution < -0.4 is 5.32 Å². The Balaban J connectivity index is 2.55. The number of hydrogen-bond acceptors (Lipinski definition) is 2. The number of nitrogens with zero attached hydrogens (tertiary/aromatic N) is 2. The first-order valence-corrected chi connectivity index (χ1v) is 6.01. The summed E-state index contributed by atoms with van der Waals surface area (Å²) < 4.78 is 2.28. The molecule has 0 unspecified atom stereocenters. The highest BCUT2D eigenvalue weighted by Gasteiger charge is 2.07. The Kier molecular flexibility index (Phi) is 5.40. The fourth-order valence-electron chi connectivity index (χ4n) is 1.74. The molecule has 0 saturated carbocycles. The van der Waals surface area contributed by atoms with Gasteiger partial charge in [0.2, 0.25) is 0 Å². The largest absolute Gasteiger partial charge is 0.333 e. The van der Waals surface area contributed by atoms with E-state index in [-0.39, 0.29) is 0 Å². The molecule has 0 aliphatic carbocycles. The second-order valence-corrected chi connectivity index (χ2v) is 4.00. The van der Waals surface area contributed by atoms with Crippen molar-refractivity contribution in [3.63, 3.8) is 0 Å². The van der Waals surface area contributed by atoms with E-state index in [0.717, 1.165) is 25.6 Å². The third kappa shape index (κ3) is 3.67. The Morgan fingerprint density at radius 2 is 2.07 bits per heavy atom. The minimum Gasteiger partial charge on any atom is -0.333 e. The molecule has 1 rings (SSSR count). The molecule has 0 atom stereocenters. The predicted octanol–water partition coefficient (Wildman–Crippen LogP) is 2.43. The van der Waals surface area contributed by atoms with E-state index < -0.39 is 0 Å². The van der Waals surface area contributed by atoms with Crippen LogP contribution in [0.3, 0.4) is 0 Å². The zero-order valence-electron chi connectivity index (χ0n) is 10.2. The van der Waals surface area contributed by atoms with Crippen LogP contribution in [0.4, 0.5) is 0 Å². The second-order valence-electron chi connectivity index (χ2n) is 4.00. The Bertz CT molecular complexity index is 264. The molecule has 0 spiro atoms. The van der Waals surface area contributed by atoms with Crippen molar-refractivity contribution in [3.05, 3.63) is 18.2 Å². The van der Waals surface area contributed by atoms with Gasteiger partial charge in [0.25, 0.3) is 0 Å². The smallest absolute Gasteiger partial charge is 0.0948 e. The van der Waals surface area contributed by atoms with Crippen molar-refractivity contribution in [1.29, 1.82) is 0 Å². The number of imidazole rings is 1. The maximum atomic E-state index is 4.22. The summed E-state index contributed by atoms with van der Waals surface area (Å²) in [5, 5.41) is 3.34. The Morgan fingerprint density at radius 1 is 1.33 bits per heavy atom. The van der Waals surface area contributed by atoms with Gasteiger partial charge in [0.15, 0.2) is 0 Å². The van der Waals surface area contributed by atoms with Crippen LogP contribution in [0.1, 0.15) is 39.3 Å². The van der Waals surface area contributed by atoms with Gasteiger partial charge in [-0.1, -0.05) is 33.6 Å². The number of aromatic nitrogens is 2. The minimum atomic E-state index is 0.777. The zero-order chi connectivity index (χ0) is 11.1. The molecule has 0 saturated heterocycles. The summed E-state index contributed by atoms with van der Waals surface area (Å²) in [5.41, 5.74) is 1.30. The van der Waals surface area contributed by atoms with Crippen LogP contribution in [0.5, 0.6) is 0 Å². The molecule has 0 aliphatic heterocycles. The lowest BCUT2D eigenvalue weighted by Gasteiger charge is -2.15. The van der Waals surface area contributed by atoms with Crippen LogP contribution in [-0.2, 0) is 13.1 Å². The Hall–Kier alpha value is -0.830. The lowest BCUT2D eigenvalue weighted by molar-refractivity contribution is 0.409. The summed E-state index contributed by atoms with van der Waals surface area (Å²) in [4.78, 5) is 4.22. The molecule has 0 aromatic carbocycles. The molecule has 0 bridgehead atoms. The van der Waals surface area contributed by atoms with Crippen molar-refractivity contribution in [3.8, 4) is 0 Å². The molecular formula is C12H23N3. The molecule has 1 aromatic rings. The first kappa shape index (κ1) is 12.2. The van der Waals surface area contributed by atoms with Crippen molar-refractivity contribution < 1.29 is 0 Å². The van der Waals surface area contributed by atoms with Gasteiger partial charge in [0.1, 0.15) is 0 Å². The van der Waals surface area contributed by atoms with Gasteiger partial charge in [-0.3, -0.25) is 0 Å². The normalized spacial score (nSPS) is 11.2. The fraction of sp³-hybridized carbons (Fsp3) is 0.750. The summed E-state index contributed by atoms with van der Waals surface area (Å²) in [7, 11) is 0. The molecular weight excluding hydrogens is 186 g/mol. The van der Waals surface area contributed by atoms with Crippen LogP contribution in [0, 0.1) is 5.92 Å². The van der Waals surface area contributed by atoms with E-state index in [0.29, 0.717) is 0 Å². The van der Waals surface area contributed by atoms with Crippen LogP contribution in [0.15, 0.2) is 12.5 Å². The van der Waals surface area contributed by atoms with Crippen LogP contribution >= 0.6 is 0 Å². The number of rotatable bonds is 7. The van der Waals surface area contributed by atoms with E-state index in [1.54, 1.807) is 0 Å². The SMILES string of the molecule is CCNCc1cncn1CC(CC)CC. The fourth-order valence-corrected chi connectivity index (χ4v) is 1.74. The van der Waals surface area contributed by atoms with Gasteiger partial charge in [-0.05, 0) is 12.5 Å². The summed E-state index contributed by atoms with van der Waals surface area (Å²) in [6, 6.07) is 0. The third-order valence-corrected chi connectivity index (χ3v) is 2.96. The summed E-state index contributed by atoms with van der Waals surface area (Å²) >= 11 is 0. The molecule has 86 valence electrons. The lowest BCUT2D eigenvalue weighted by Crippen LogP contribution is -2.17. The lowest BCUT2D eigenvalue weighted by atomic mass is 10.0. The quantitative estimate of drug-likeness (QED) is 0.747.